The summed E-state index contributed by atoms with van der Waals surface area (Å²) in [5, 5.41) is 29.3. The van der Waals surface area contributed by atoms with Crippen LogP contribution in [0.2, 0.25) is 0 Å². The third-order valence-electron chi connectivity index (χ3n) is 2.92. The van der Waals surface area contributed by atoms with E-state index in [9.17, 15) is 19.6 Å². The minimum atomic E-state index is -1.14. The molecule has 0 aliphatic rings. The van der Waals surface area contributed by atoms with Crippen molar-refractivity contribution < 1.29 is 19.2 Å². The largest absolute Gasteiger partial charge is 0.487 e. The number of nitriles is 1. The summed E-state index contributed by atoms with van der Waals surface area (Å²) in [6.45, 7) is -0.274. The zero-order valence-corrected chi connectivity index (χ0v) is 11.3. The molecule has 0 saturated heterocycles. The van der Waals surface area contributed by atoms with E-state index in [4.69, 9.17) is 10.00 Å². The molecule has 7 heteroatoms. The van der Waals surface area contributed by atoms with Crippen molar-refractivity contribution in [2.45, 2.75) is 6.10 Å². The second-order valence-corrected chi connectivity index (χ2v) is 4.44. The molecule has 1 N–H and O–H groups in total. The molecule has 22 heavy (non-hydrogen) atoms. The number of ether oxygens (including phenoxy) is 1. The molecule has 2 aromatic rings. The summed E-state index contributed by atoms with van der Waals surface area (Å²) < 4.78 is 18.8. The van der Waals surface area contributed by atoms with Crippen LogP contribution in [-0.4, -0.2) is 16.6 Å². The quantitative estimate of drug-likeness (QED) is 0.676. The molecule has 0 bridgehead atoms. The number of aliphatic hydroxyl groups excluding tert-OH is 1. The molecule has 2 rings (SSSR count). The molecule has 112 valence electrons. The van der Waals surface area contributed by atoms with Crippen LogP contribution in [0.5, 0.6) is 5.75 Å². The van der Waals surface area contributed by atoms with E-state index < -0.39 is 16.8 Å². The van der Waals surface area contributed by atoms with Gasteiger partial charge in [-0.15, -0.1) is 0 Å². The molecule has 0 fully saturated rings. The number of nitrogens with zero attached hydrogens (tertiary/aromatic N) is 2. The monoisotopic (exact) mass is 302 g/mol. The Balaban J connectivity index is 2.07. The van der Waals surface area contributed by atoms with Gasteiger partial charge in [0.15, 0.2) is 11.6 Å². The minimum absolute atomic E-state index is 0.108. The molecule has 0 aliphatic heterocycles. The van der Waals surface area contributed by atoms with E-state index in [-0.39, 0.29) is 23.6 Å². The third kappa shape index (κ3) is 3.56. The highest BCUT2D eigenvalue weighted by Crippen LogP contribution is 2.22. The summed E-state index contributed by atoms with van der Waals surface area (Å²) in [5.41, 5.74) is 0.299. The van der Waals surface area contributed by atoms with Crippen LogP contribution in [0.1, 0.15) is 17.2 Å². The summed E-state index contributed by atoms with van der Waals surface area (Å²) in [6.07, 6.45) is -1.14. The van der Waals surface area contributed by atoms with Gasteiger partial charge in [-0.1, -0.05) is 12.1 Å². The molecule has 6 nitrogen and oxygen atoms in total. The normalized spacial score (nSPS) is 11.5. The van der Waals surface area contributed by atoms with E-state index in [2.05, 4.69) is 0 Å². The highest BCUT2D eigenvalue weighted by atomic mass is 19.1. The number of benzene rings is 2. The molecule has 0 spiro atoms. The van der Waals surface area contributed by atoms with E-state index >= 15 is 0 Å². The fourth-order valence-corrected chi connectivity index (χ4v) is 1.80. The fraction of sp³-hybridized carbons (Fsp3) is 0.133. The molecule has 1 unspecified atom stereocenters. The smallest absolute Gasteiger partial charge is 0.269 e. The molecule has 0 saturated carbocycles. The van der Waals surface area contributed by atoms with Crippen molar-refractivity contribution in [1.82, 2.24) is 0 Å². The zero-order valence-electron chi connectivity index (χ0n) is 11.3. The molecule has 0 aromatic heterocycles. The molecule has 0 heterocycles. The number of nitro benzene ring substituents is 1. The van der Waals surface area contributed by atoms with Crippen molar-refractivity contribution in [2.75, 3.05) is 6.61 Å². The van der Waals surface area contributed by atoms with Crippen LogP contribution in [0.3, 0.4) is 0 Å². The first-order valence-corrected chi connectivity index (χ1v) is 6.26. The lowest BCUT2D eigenvalue weighted by Gasteiger charge is -2.13. The van der Waals surface area contributed by atoms with Crippen molar-refractivity contribution in [3.8, 4) is 11.8 Å². The lowest BCUT2D eigenvalue weighted by molar-refractivity contribution is -0.385. The number of halogens is 1. The second-order valence-electron chi connectivity index (χ2n) is 4.44. The Morgan fingerprint density at radius 3 is 2.77 bits per heavy atom. The van der Waals surface area contributed by atoms with Crippen LogP contribution in [0.4, 0.5) is 10.1 Å². The number of rotatable bonds is 5. The van der Waals surface area contributed by atoms with Gasteiger partial charge >= 0.3 is 0 Å². The number of hydrogen-bond acceptors (Lipinski definition) is 5. The van der Waals surface area contributed by atoms with E-state index in [1.165, 1.54) is 36.4 Å². The van der Waals surface area contributed by atoms with Crippen molar-refractivity contribution in [1.29, 1.82) is 5.26 Å². The maximum atomic E-state index is 13.6. The highest BCUT2D eigenvalue weighted by molar-refractivity contribution is 5.37. The van der Waals surface area contributed by atoms with Crippen LogP contribution in [0.15, 0.2) is 42.5 Å². The lowest BCUT2D eigenvalue weighted by atomic mass is 10.1. The van der Waals surface area contributed by atoms with Gasteiger partial charge in [-0.3, -0.25) is 10.1 Å². The van der Waals surface area contributed by atoms with Gasteiger partial charge in [0.05, 0.1) is 16.6 Å². The number of non-ortho nitro benzene ring substituents is 1. The molecule has 0 aliphatic carbocycles. The highest BCUT2D eigenvalue weighted by Gasteiger charge is 2.14. The van der Waals surface area contributed by atoms with Crippen molar-refractivity contribution >= 4 is 5.69 Å². The molecule has 0 amide bonds. The Morgan fingerprint density at radius 2 is 2.14 bits per heavy atom. The third-order valence-corrected chi connectivity index (χ3v) is 2.92. The van der Waals surface area contributed by atoms with Crippen LogP contribution >= 0.6 is 0 Å². The standard InChI is InChI=1S/C15H11FN2O4/c16-13-6-10(8-17)4-5-15(13)22-9-14(19)11-2-1-3-12(7-11)18(20)21/h1-7,14,19H,9H2. The van der Waals surface area contributed by atoms with Crippen LogP contribution < -0.4 is 4.74 Å². The average Bonchev–Trinajstić information content (AvgIpc) is 2.53. The van der Waals surface area contributed by atoms with E-state index in [0.717, 1.165) is 6.07 Å². The number of aliphatic hydroxyl groups is 1. The van der Waals surface area contributed by atoms with Gasteiger partial charge in [-0.25, -0.2) is 4.39 Å². The average molecular weight is 302 g/mol. The van der Waals surface area contributed by atoms with Crippen molar-refractivity contribution in [2.24, 2.45) is 0 Å². The maximum absolute atomic E-state index is 13.6. The zero-order chi connectivity index (χ0) is 16.1. The van der Waals surface area contributed by atoms with Crippen LogP contribution in [0, 0.1) is 27.3 Å². The maximum Gasteiger partial charge on any atom is 0.269 e. The van der Waals surface area contributed by atoms with Gasteiger partial charge in [-0.05, 0) is 23.8 Å². The van der Waals surface area contributed by atoms with Gasteiger partial charge in [0.1, 0.15) is 12.7 Å². The molecular weight excluding hydrogens is 291 g/mol. The van der Waals surface area contributed by atoms with Crippen molar-refractivity contribution in [3.05, 3.63) is 69.5 Å². The van der Waals surface area contributed by atoms with Gasteiger partial charge in [0, 0.05) is 12.1 Å². The van der Waals surface area contributed by atoms with Gasteiger partial charge < -0.3 is 9.84 Å². The Kier molecular flexibility index (Phi) is 4.66. The molecule has 1 atom stereocenters. The molecule has 0 radical (unpaired) electrons. The van der Waals surface area contributed by atoms with Gasteiger partial charge in [0.2, 0.25) is 0 Å². The lowest BCUT2D eigenvalue weighted by Crippen LogP contribution is -2.10. The molecule has 2 aromatic carbocycles. The van der Waals surface area contributed by atoms with E-state index in [1.54, 1.807) is 6.07 Å². The van der Waals surface area contributed by atoms with Crippen LogP contribution in [0.25, 0.3) is 0 Å². The summed E-state index contributed by atoms with van der Waals surface area (Å²) in [7, 11) is 0. The minimum Gasteiger partial charge on any atom is -0.487 e. The molecular formula is C15H11FN2O4. The summed E-state index contributed by atoms with van der Waals surface area (Å²) >= 11 is 0. The first-order chi connectivity index (χ1) is 10.5. The van der Waals surface area contributed by atoms with Crippen LogP contribution in [-0.2, 0) is 0 Å². The first kappa shape index (κ1) is 15.4. The predicted molar refractivity (Wildman–Crippen MR) is 74.7 cm³/mol. The van der Waals surface area contributed by atoms with E-state index in [1.807, 2.05) is 0 Å². The Labute approximate surface area is 125 Å². The summed E-state index contributed by atoms with van der Waals surface area (Å²) in [4.78, 5) is 10.1. The summed E-state index contributed by atoms with van der Waals surface area (Å²) in [5.74, 6) is -0.825. The fourth-order valence-electron chi connectivity index (χ4n) is 1.80. The second kappa shape index (κ2) is 6.65. The van der Waals surface area contributed by atoms with Gasteiger partial charge in [-0.2, -0.15) is 5.26 Å². The number of nitro groups is 1. The Hall–Kier alpha value is -2.98. The van der Waals surface area contributed by atoms with Crippen molar-refractivity contribution in [3.63, 3.8) is 0 Å². The Bertz CT molecular complexity index is 743. The number of hydrogen-bond donors (Lipinski definition) is 1. The predicted octanol–water partition coefficient (Wildman–Crippen LogP) is 2.72. The summed E-state index contributed by atoms with van der Waals surface area (Å²) in [6, 6.07) is 11.0. The Morgan fingerprint density at radius 1 is 1.36 bits per heavy atom. The van der Waals surface area contributed by atoms with Gasteiger partial charge in [0.25, 0.3) is 5.69 Å². The first-order valence-electron chi connectivity index (χ1n) is 6.26. The SMILES string of the molecule is N#Cc1ccc(OCC(O)c2cccc([N+](=O)[O-])c2)c(F)c1. The topological polar surface area (TPSA) is 96.4 Å². The van der Waals surface area contributed by atoms with E-state index in [0.29, 0.717) is 5.56 Å².